The van der Waals surface area contributed by atoms with Gasteiger partial charge in [0.2, 0.25) is 5.95 Å². The normalized spacial score (nSPS) is 15.8. The highest BCUT2D eigenvalue weighted by Gasteiger charge is 2.21. The number of benzene rings is 1. The molecule has 4 rings (SSSR count). The number of hydrogen-bond acceptors (Lipinski definition) is 6. The van der Waals surface area contributed by atoms with Gasteiger partial charge in [0.05, 0.1) is 17.5 Å². The first-order valence-electron chi connectivity index (χ1n) is 9.33. The molecule has 136 valence electrons. The molecule has 0 amide bonds. The largest absolute Gasteiger partial charge is 0.351 e. The Balaban J connectivity index is 1.55. The third-order valence-corrected chi connectivity index (χ3v) is 5.79. The number of anilines is 1. The molecule has 1 aliphatic carbocycles. The Morgan fingerprint density at radius 3 is 2.67 bits per heavy atom. The zero-order valence-corrected chi connectivity index (χ0v) is 15.8. The SMILES string of the molecule is N#CC(c1ccnc(NC2CCCCC2)n1)c1nc(-c2ccccc2)cs1. The first-order valence-corrected chi connectivity index (χ1v) is 10.2. The number of nitriles is 1. The van der Waals surface area contributed by atoms with Crippen molar-refractivity contribution < 1.29 is 0 Å². The molecule has 0 aliphatic heterocycles. The van der Waals surface area contributed by atoms with Crippen LogP contribution in [0.25, 0.3) is 11.3 Å². The van der Waals surface area contributed by atoms with Gasteiger partial charge in [-0.15, -0.1) is 11.3 Å². The molecule has 1 aliphatic rings. The maximum absolute atomic E-state index is 9.76. The summed E-state index contributed by atoms with van der Waals surface area (Å²) in [5.74, 6) is 0.127. The monoisotopic (exact) mass is 375 g/mol. The van der Waals surface area contributed by atoms with Crippen LogP contribution in [-0.2, 0) is 0 Å². The third-order valence-electron chi connectivity index (χ3n) is 4.88. The lowest BCUT2D eigenvalue weighted by molar-refractivity contribution is 0.460. The van der Waals surface area contributed by atoms with Crippen molar-refractivity contribution in [2.24, 2.45) is 0 Å². The minimum atomic E-state index is -0.484. The highest BCUT2D eigenvalue weighted by Crippen LogP contribution is 2.30. The molecule has 1 fully saturated rings. The molecule has 1 unspecified atom stereocenters. The predicted molar refractivity (Wildman–Crippen MR) is 108 cm³/mol. The fourth-order valence-electron chi connectivity index (χ4n) is 3.44. The molecular formula is C21H21N5S. The van der Waals surface area contributed by atoms with E-state index in [0.717, 1.165) is 29.1 Å². The van der Waals surface area contributed by atoms with Crippen LogP contribution in [0.15, 0.2) is 48.0 Å². The van der Waals surface area contributed by atoms with Crippen LogP contribution in [-0.4, -0.2) is 21.0 Å². The van der Waals surface area contributed by atoms with Gasteiger partial charge in [-0.25, -0.2) is 15.0 Å². The second-order valence-electron chi connectivity index (χ2n) is 6.78. The molecule has 2 aromatic heterocycles. The zero-order valence-electron chi connectivity index (χ0n) is 15.0. The van der Waals surface area contributed by atoms with Crippen molar-refractivity contribution in [1.82, 2.24) is 15.0 Å². The summed E-state index contributed by atoms with van der Waals surface area (Å²) in [4.78, 5) is 13.7. The molecule has 27 heavy (non-hydrogen) atoms. The zero-order chi connectivity index (χ0) is 18.5. The van der Waals surface area contributed by atoms with Crippen LogP contribution in [0.3, 0.4) is 0 Å². The molecule has 6 heteroatoms. The van der Waals surface area contributed by atoms with E-state index in [9.17, 15) is 5.26 Å². The van der Waals surface area contributed by atoms with E-state index in [4.69, 9.17) is 0 Å². The second-order valence-corrected chi connectivity index (χ2v) is 7.67. The number of nitrogens with one attached hydrogen (secondary N) is 1. The lowest BCUT2D eigenvalue weighted by Crippen LogP contribution is -2.23. The number of nitrogens with zero attached hydrogens (tertiary/aromatic N) is 4. The van der Waals surface area contributed by atoms with Crippen molar-refractivity contribution in [3.8, 4) is 17.3 Å². The van der Waals surface area contributed by atoms with E-state index in [1.54, 1.807) is 6.20 Å². The maximum atomic E-state index is 9.76. The van der Waals surface area contributed by atoms with Gasteiger partial charge in [0.1, 0.15) is 10.9 Å². The molecule has 1 N–H and O–H groups in total. The van der Waals surface area contributed by atoms with Crippen LogP contribution in [0.4, 0.5) is 5.95 Å². The Labute approximate surface area is 163 Å². The summed E-state index contributed by atoms with van der Waals surface area (Å²) < 4.78 is 0. The molecule has 0 saturated heterocycles. The standard InChI is InChI=1S/C21H21N5S/c22-13-17(20-25-19(14-27-20)15-7-3-1-4-8-15)18-11-12-23-21(26-18)24-16-9-5-2-6-10-16/h1,3-4,7-8,11-12,14,16-17H,2,5-6,9-10H2,(H,23,24,26). The minimum absolute atomic E-state index is 0.430. The highest BCUT2D eigenvalue weighted by molar-refractivity contribution is 7.10. The number of hydrogen-bond donors (Lipinski definition) is 1. The molecule has 3 aromatic rings. The lowest BCUT2D eigenvalue weighted by atomic mass is 9.96. The van der Waals surface area contributed by atoms with E-state index in [-0.39, 0.29) is 0 Å². The van der Waals surface area contributed by atoms with Gasteiger partial charge >= 0.3 is 0 Å². The van der Waals surface area contributed by atoms with Gasteiger partial charge in [-0.1, -0.05) is 49.6 Å². The fourth-order valence-corrected chi connectivity index (χ4v) is 4.32. The third kappa shape index (κ3) is 4.15. The van der Waals surface area contributed by atoms with Crippen molar-refractivity contribution in [3.63, 3.8) is 0 Å². The molecule has 1 aromatic carbocycles. The molecule has 1 saturated carbocycles. The van der Waals surface area contributed by atoms with E-state index in [1.165, 1.54) is 30.6 Å². The van der Waals surface area contributed by atoms with Crippen molar-refractivity contribution in [1.29, 1.82) is 5.26 Å². The highest BCUT2D eigenvalue weighted by atomic mass is 32.1. The molecule has 0 spiro atoms. The fraction of sp³-hybridized carbons (Fsp3) is 0.333. The Morgan fingerprint density at radius 1 is 1.07 bits per heavy atom. The summed E-state index contributed by atoms with van der Waals surface area (Å²) >= 11 is 1.50. The lowest BCUT2D eigenvalue weighted by Gasteiger charge is -2.22. The molecule has 1 atom stereocenters. The van der Waals surface area contributed by atoms with Gasteiger partial charge in [0.25, 0.3) is 0 Å². The predicted octanol–water partition coefficient (Wildman–Crippen LogP) is 5.00. The Morgan fingerprint density at radius 2 is 1.89 bits per heavy atom. The van der Waals surface area contributed by atoms with Gasteiger partial charge in [-0.2, -0.15) is 5.26 Å². The van der Waals surface area contributed by atoms with Crippen molar-refractivity contribution in [2.45, 2.75) is 44.1 Å². The van der Waals surface area contributed by atoms with E-state index in [2.05, 4.69) is 26.3 Å². The van der Waals surface area contributed by atoms with Gasteiger partial charge < -0.3 is 5.32 Å². The van der Waals surface area contributed by atoms with Crippen LogP contribution in [0.5, 0.6) is 0 Å². The number of aromatic nitrogens is 3. The average Bonchev–Trinajstić information content (AvgIpc) is 3.20. The van der Waals surface area contributed by atoms with Gasteiger partial charge in [-0.3, -0.25) is 0 Å². The van der Waals surface area contributed by atoms with E-state index >= 15 is 0 Å². The quantitative estimate of drug-likeness (QED) is 0.679. The molecule has 2 heterocycles. The average molecular weight is 376 g/mol. The summed E-state index contributed by atoms with van der Waals surface area (Å²) in [7, 11) is 0. The van der Waals surface area contributed by atoms with Crippen LogP contribution in [0.2, 0.25) is 0 Å². The van der Waals surface area contributed by atoms with E-state index < -0.39 is 5.92 Å². The Hall–Kier alpha value is -2.78. The number of thiazole rings is 1. The molecular weight excluding hydrogens is 354 g/mol. The van der Waals surface area contributed by atoms with E-state index in [1.807, 2.05) is 41.8 Å². The van der Waals surface area contributed by atoms with Crippen LogP contribution < -0.4 is 5.32 Å². The molecule has 5 nitrogen and oxygen atoms in total. The van der Waals surface area contributed by atoms with Crippen LogP contribution in [0.1, 0.15) is 48.7 Å². The molecule has 0 bridgehead atoms. The van der Waals surface area contributed by atoms with Crippen molar-refractivity contribution in [3.05, 3.63) is 58.7 Å². The molecule has 0 radical (unpaired) electrons. The van der Waals surface area contributed by atoms with Crippen molar-refractivity contribution >= 4 is 17.3 Å². The maximum Gasteiger partial charge on any atom is 0.223 e. The first kappa shape index (κ1) is 17.6. The summed E-state index contributed by atoms with van der Waals surface area (Å²) in [6, 6.07) is 14.6. The smallest absolute Gasteiger partial charge is 0.223 e. The summed E-state index contributed by atoms with van der Waals surface area (Å²) in [6.07, 6.45) is 7.84. The van der Waals surface area contributed by atoms with Gasteiger partial charge in [-0.05, 0) is 18.9 Å². The first-order chi connectivity index (χ1) is 13.3. The van der Waals surface area contributed by atoms with E-state index in [0.29, 0.717) is 17.7 Å². The summed E-state index contributed by atoms with van der Waals surface area (Å²) in [5, 5.41) is 16.0. The second kappa shape index (κ2) is 8.28. The van der Waals surface area contributed by atoms with Crippen molar-refractivity contribution in [2.75, 3.05) is 5.32 Å². The van der Waals surface area contributed by atoms with Crippen LogP contribution >= 0.6 is 11.3 Å². The van der Waals surface area contributed by atoms with Gasteiger partial charge in [0.15, 0.2) is 0 Å². The summed E-state index contributed by atoms with van der Waals surface area (Å²) in [6.45, 7) is 0. The topological polar surface area (TPSA) is 74.5 Å². The van der Waals surface area contributed by atoms with Crippen LogP contribution in [0, 0.1) is 11.3 Å². The van der Waals surface area contributed by atoms with Gasteiger partial charge in [0, 0.05) is 23.2 Å². The summed E-state index contributed by atoms with van der Waals surface area (Å²) in [5.41, 5.74) is 2.64. The Bertz CT molecular complexity index is 925. The number of rotatable bonds is 5. The Kier molecular flexibility index (Phi) is 5.40. The minimum Gasteiger partial charge on any atom is -0.351 e.